The Morgan fingerprint density at radius 1 is 1.36 bits per heavy atom. The Kier molecular flexibility index (Phi) is 6.23. The van der Waals surface area contributed by atoms with Crippen molar-refractivity contribution in [2.24, 2.45) is 0 Å². The fraction of sp³-hybridized carbons (Fsp3) is 0.632. The molecule has 0 radical (unpaired) electrons. The number of piperidine rings is 1. The number of amides is 1. The van der Waals surface area contributed by atoms with Gasteiger partial charge in [-0.15, -0.1) is 0 Å². The van der Waals surface area contributed by atoms with Crippen molar-refractivity contribution < 1.29 is 9.22 Å². The number of carbonyl (C=O) groups excluding carboxylic acids is 1. The largest absolute Gasteiger partial charge is 0.413 e. The molecule has 1 heterocycles. The Morgan fingerprint density at radius 3 is 2.68 bits per heavy atom. The Hall–Kier alpha value is -1.04. The van der Waals surface area contributed by atoms with Gasteiger partial charge in [-0.2, -0.15) is 0 Å². The van der Waals surface area contributed by atoms with E-state index in [0.717, 1.165) is 30.6 Å². The summed E-state index contributed by atoms with van der Waals surface area (Å²) in [5, 5.41) is 4.23. The van der Waals surface area contributed by atoms with Crippen LogP contribution in [-0.2, 0) is 15.8 Å². The molecular formula is C19H31ClN2O2Si. The topological polar surface area (TPSA) is 41.6 Å². The normalized spacial score (nSPS) is 19.2. The zero-order valence-corrected chi connectivity index (χ0v) is 18.0. The first-order valence-corrected chi connectivity index (χ1v) is 12.2. The molecule has 1 amide bonds. The summed E-state index contributed by atoms with van der Waals surface area (Å²) in [7, 11) is 0.0273. The summed E-state index contributed by atoms with van der Waals surface area (Å²) < 4.78 is 6.30. The number of nitrogens with zero attached hydrogens (tertiary/aromatic N) is 1. The summed E-state index contributed by atoms with van der Waals surface area (Å²) in [5.74, 6) is 0.153. The molecule has 4 nitrogen and oxygen atoms in total. The summed E-state index contributed by atoms with van der Waals surface area (Å²) in [6, 6.07) is 5.66. The highest BCUT2D eigenvalue weighted by molar-refractivity contribution is 6.74. The molecule has 1 N–H and O–H groups in total. The lowest BCUT2D eigenvalue weighted by molar-refractivity contribution is -0.132. The standard InChI is InChI=1S/C19H31ClN2O2Si/c1-19(2,3)25(5,6)24-13-14-12-15(9-10-16(14)20)21-17-8-7-11-22(4)18(17)23/h9-10,12,17,21H,7-8,11,13H2,1-6H3. The van der Waals surface area contributed by atoms with Crippen molar-refractivity contribution in [1.29, 1.82) is 0 Å². The second-order valence-corrected chi connectivity index (χ2v) is 13.7. The quantitative estimate of drug-likeness (QED) is 0.736. The minimum absolute atomic E-state index is 0.153. The monoisotopic (exact) mass is 382 g/mol. The predicted octanol–water partition coefficient (Wildman–Crippen LogP) is 4.89. The van der Waals surface area contributed by atoms with Crippen LogP contribution >= 0.6 is 11.6 Å². The van der Waals surface area contributed by atoms with Crippen LogP contribution in [0.1, 0.15) is 39.2 Å². The van der Waals surface area contributed by atoms with Gasteiger partial charge in [0.05, 0.1) is 6.61 Å². The predicted molar refractivity (Wildman–Crippen MR) is 108 cm³/mol. The van der Waals surface area contributed by atoms with Gasteiger partial charge >= 0.3 is 0 Å². The third-order valence-electron chi connectivity index (χ3n) is 5.44. The van der Waals surface area contributed by atoms with E-state index in [1.165, 1.54) is 0 Å². The molecule has 1 fully saturated rings. The van der Waals surface area contributed by atoms with Gasteiger partial charge in [-0.05, 0) is 54.7 Å². The Bertz CT molecular complexity index is 628. The highest BCUT2D eigenvalue weighted by Crippen LogP contribution is 2.37. The number of hydrogen-bond donors (Lipinski definition) is 1. The van der Waals surface area contributed by atoms with Crippen LogP contribution in [0.5, 0.6) is 0 Å². The molecule has 1 aliphatic rings. The first kappa shape index (κ1) is 20.3. The highest BCUT2D eigenvalue weighted by atomic mass is 35.5. The van der Waals surface area contributed by atoms with E-state index in [0.29, 0.717) is 11.6 Å². The maximum Gasteiger partial charge on any atom is 0.244 e. The van der Waals surface area contributed by atoms with Crippen LogP contribution in [0, 0.1) is 0 Å². The minimum Gasteiger partial charge on any atom is -0.413 e. The van der Waals surface area contributed by atoms with E-state index in [-0.39, 0.29) is 17.0 Å². The Labute approximate surface area is 158 Å². The third-order valence-corrected chi connectivity index (χ3v) is 10.3. The lowest BCUT2D eigenvalue weighted by atomic mass is 10.0. The first-order chi connectivity index (χ1) is 11.5. The second-order valence-electron chi connectivity index (χ2n) is 8.45. The maximum atomic E-state index is 12.3. The fourth-order valence-electron chi connectivity index (χ4n) is 2.62. The van der Waals surface area contributed by atoms with Crippen LogP contribution in [0.2, 0.25) is 23.2 Å². The number of likely N-dealkylation sites (tertiary alicyclic amines) is 1. The van der Waals surface area contributed by atoms with Crippen LogP contribution in [0.4, 0.5) is 5.69 Å². The van der Waals surface area contributed by atoms with Crippen molar-refractivity contribution in [1.82, 2.24) is 4.90 Å². The number of benzene rings is 1. The molecule has 1 aromatic carbocycles. The maximum absolute atomic E-state index is 12.3. The van der Waals surface area contributed by atoms with Crippen LogP contribution in [0.25, 0.3) is 0 Å². The lowest BCUT2D eigenvalue weighted by Gasteiger charge is -2.36. The third kappa shape index (κ3) is 4.99. The molecule has 0 aliphatic carbocycles. The molecule has 0 aromatic heterocycles. The van der Waals surface area contributed by atoms with Gasteiger partial charge in [0.2, 0.25) is 5.91 Å². The van der Waals surface area contributed by atoms with Crippen LogP contribution in [-0.4, -0.2) is 38.8 Å². The number of rotatable bonds is 5. The van der Waals surface area contributed by atoms with Crippen molar-refractivity contribution in [2.75, 3.05) is 18.9 Å². The van der Waals surface area contributed by atoms with Crippen LogP contribution < -0.4 is 5.32 Å². The average Bonchev–Trinajstić information content (AvgIpc) is 2.51. The van der Waals surface area contributed by atoms with E-state index >= 15 is 0 Å². The number of likely N-dealkylation sites (N-methyl/N-ethyl adjacent to an activating group) is 1. The summed E-state index contributed by atoms with van der Waals surface area (Å²) >= 11 is 6.37. The summed E-state index contributed by atoms with van der Waals surface area (Å²) in [5.41, 5.74) is 1.89. The van der Waals surface area contributed by atoms with Gasteiger partial charge in [-0.3, -0.25) is 4.79 Å². The molecule has 0 spiro atoms. The van der Waals surface area contributed by atoms with Crippen molar-refractivity contribution in [3.05, 3.63) is 28.8 Å². The molecule has 0 saturated carbocycles. The summed E-state index contributed by atoms with van der Waals surface area (Å²) in [4.78, 5) is 14.1. The average molecular weight is 383 g/mol. The summed E-state index contributed by atoms with van der Waals surface area (Å²) in [6.07, 6.45) is 1.89. The number of carbonyl (C=O) groups is 1. The molecule has 1 saturated heterocycles. The zero-order valence-electron chi connectivity index (χ0n) is 16.3. The zero-order chi connectivity index (χ0) is 18.8. The van der Waals surface area contributed by atoms with E-state index in [9.17, 15) is 4.79 Å². The van der Waals surface area contributed by atoms with Gasteiger partial charge in [0, 0.05) is 24.3 Å². The molecule has 1 aliphatic heterocycles. The number of nitrogens with one attached hydrogen (secondary N) is 1. The number of anilines is 1. The van der Waals surface area contributed by atoms with E-state index in [2.05, 4.69) is 39.2 Å². The minimum atomic E-state index is -1.83. The van der Waals surface area contributed by atoms with E-state index in [4.69, 9.17) is 16.0 Å². The highest BCUT2D eigenvalue weighted by Gasteiger charge is 2.37. The molecule has 1 atom stereocenters. The van der Waals surface area contributed by atoms with Gasteiger partial charge in [0.15, 0.2) is 8.32 Å². The molecule has 1 unspecified atom stereocenters. The molecule has 0 bridgehead atoms. The van der Waals surface area contributed by atoms with Crippen molar-refractivity contribution in [2.45, 2.75) is 64.4 Å². The van der Waals surface area contributed by atoms with Gasteiger partial charge in [-0.25, -0.2) is 0 Å². The lowest BCUT2D eigenvalue weighted by Crippen LogP contribution is -2.45. The molecule has 25 heavy (non-hydrogen) atoms. The van der Waals surface area contributed by atoms with Crippen LogP contribution in [0.15, 0.2) is 18.2 Å². The molecule has 140 valence electrons. The molecule has 6 heteroatoms. The first-order valence-electron chi connectivity index (χ1n) is 8.95. The number of hydrogen-bond acceptors (Lipinski definition) is 3. The smallest absolute Gasteiger partial charge is 0.244 e. The van der Waals surface area contributed by atoms with Gasteiger partial charge in [-0.1, -0.05) is 32.4 Å². The van der Waals surface area contributed by atoms with Gasteiger partial charge in [0.25, 0.3) is 0 Å². The fourth-order valence-corrected chi connectivity index (χ4v) is 3.74. The van der Waals surface area contributed by atoms with Gasteiger partial charge < -0.3 is 14.6 Å². The second kappa shape index (κ2) is 7.68. The van der Waals surface area contributed by atoms with E-state index in [1.807, 2.05) is 25.2 Å². The van der Waals surface area contributed by atoms with Crippen molar-refractivity contribution in [3.8, 4) is 0 Å². The molecule has 2 rings (SSSR count). The van der Waals surface area contributed by atoms with Crippen LogP contribution in [0.3, 0.4) is 0 Å². The van der Waals surface area contributed by atoms with E-state index < -0.39 is 8.32 Å². The Morgan fingerprint density at radius 2 is 2.04 bits per heavy atom. The molecule has 1 aromatic rings. The SMILES string of the molecule is CN1CCCC(Nc2ccc(Cl)c(CO[Si](C)(C)C(C)(C)C)c2)C1=O. The van der Waals surface area contributed by atoms with Gasteiger partial charge in [0.1, 0.15) is 6.04 Å². The van der Waals surface area contributed by atoms with E-state index in [1.54, 1.807) is 4.90 Å². The Balaban J connectivity index is 2.08. The van der Waals surface area contributed by atoms with Crippen molar-refractivity contribution in [3.63, 3.8) is 0 Å². The number of halogens is 1. The molecular weight excluding hydrogens is 352 g/mol. The summed E-state index contributed by atoms with van der Waals surface area (Å²) in [6.45, 7) is 12.5. The van der Waals surface area contributed by atoms with Crippen molar-refractivity contribution >= 4 is 31.5 Å².